The van der Waals surface area contributed by atoms with Gasteiger partial charge in [-0.3, -0.25) is 4.79 Å². The zero-order valence-corrected chi connectivity index (χ0v) is 14.7. The van der Waals surface area contributed by atoms with Crippen molar-refractivity contribution in [1.29, 1.82) is 0 Å². The SMILES string of the molecule is CCCCCNC(=O)c1cnc(Nc2ccc(C(C)C)cc2)cn1. The average molecular weight is 326 g/mol. The molecule has 0 spiro atoms. The Kier molecular flexibility index (Phi) is 6.73. The molecule has 0 radical (unpaired) electrons. The molecule has 2 N–H and O–H groups in total. The van der Waals surface area contributed by atoms with E-state index < -0.39 is 0 Å². The number of hydrogen-bond acceptors (Lipinski definition) is 4. The van der Waals surface area contributed by atoms with Gasteiger partial charge < -0.3 is 10.6 Å². The molecule has 24 heavy (non-hydrogen) atoms. The monoisotopic (exact) mass is 326 g/mol. The van der Waals surface area contributed by atoms with Crippen LogP contribution in [0.3, 0.4) is 0 Å². The van der Waals surface area contributed by atoms with Gasteiger partial charge in [-0.15, -0.1) is 0 Å². The van der Waals surface area contributed by atoms with E-state index in [9.17, 15) is 4.79 Å². The van der Waals surface area contributed by atoms with Crippen LogP contribution in [0.15, 0.2) is 36.7 Å². The summed E-state index contributed by atoms with van der Waals surface area (Å²) >= 11 is 0. The van der Waals surface area contributed by atoms with Crippen LogP contribution in [-0.4, -0.2) is 22.4 Å². The summed E-state index contributed by atoms with van der Waals surface area (Å²) in [4.78, 5) is 20.4. The number of nitrogens with zero attached hydrogens (tertiary/aromatic N) is 2. The van der Waals surface area contributed by atoms with Gasteiger partial charge in [-0.25, -0.2) is 9.97 Å². The lowest BCUT2D eigenvalue weighted by molar-refractivity contribution is 0.0947. The standard InChI is InChI=1S/C19H26N4O/c1-4-5-6-11-20-19(24)17-12-22-18(13-21-17)23-16-9-7-15(8-10-16)14(2)3/h7-10,12-14H,4-6,11H2,1-3H3,(H,20,24)(H,22,23). The van der Waals surface area contributed by atoms with Gasteiger partial charge in [-0.05, 0) is 30.0 Å². The molecule has 1 amide bonds. The van der Waals surface area contributed by atoms with Crippen molar-refractivity contribution in [2.45, 2.75) is 46.0 Å². The first-order valence-corrected chi connectivity index (χ1v) is 8.57. The van der Waals surface area contributed by atoms with Gasteiger partial charge in [-0.1, -0.05) is 45.7 Å². The second kappa shape index (κ2) is 9.01. The lowest BCUT2D eigenvalue weighted by Gasteiger charge is -2.09. The third-order valence-corrected chi connectivity index (χ3v) is 3.80. The molecule has 5 nitrogen and oxygen atoms in total. The predicted molar refractivity (Wildman–Crippen MR) is 97.7 cm³/mol. The van der Waals surface area contributed by atoms with Gasteiger partial charge in [0.2, 0.25) is 0 Å². The first kappa shape index (κ1) is 17.9. The van der Waals surface area contributed by atoms with Crippen molar-refractivity contribution >= 4 is 17.4 Å². The van der Waals surface area contributed by atoms with Gasteiger partial charge in [0.25, 0.3) is 5.91 Å². The van der Waals surface area contributed by atoms with E-state index in [1.54, 1.807) is 6.20 Å². The normalized spacial score (nSPS) is 10.7. The fourth-order valence-corrected chi connectivity index (χ4v) is 2.28. The highest BCUT2D eigenvalue weighted by Gasteiger charge is 2.07. The Morgan fingerprint density at radius 2 is 1.83 bits per heavy atom. The third-order valence-electron chi connectivity index (χ3n) is 3.80. The van der Waals surface area contributed by atoms with Gasteiger partial charge in [0.15, 0.2) is 0 Å². The van der Waals surface area contributed by atoms with Gasteiger partial charge >= 0.3 is 0 Å². The van der Waals surface area contributed by atoms with Gasteiger partial charge in [0.05, 0.1) is 12.4 Å². The number of amides is 1. The largest absolute Gasteiger partial charge is 0.351 e. The molecule has 0 saturated heterocycles. The Labute approximate surface area is 143 Å². The molecule has 0 atom stereocenters. The van der Waals surface area contributed by atoms with Gasteiger partial charge in [-0.2, -0.15) is 0 Å². The van der Waals surface area contributed by atoms with E-state index in [4.69, 9.17) is 0 Å². The molecular formula is C19H26N4O. The molecule has 0 saturated carbocycles. The highest BCUT2D eigenvalue weighted by molar-refractivity contribution is 5.92. The van der Waals surface area contributed by atoms with Crippen molar-refractivity contribution in [2.24, 2.45) is 0 Å². The summed E-state index contributed by atoms with van der Waals surface area (Å²) in [6.45, 7) is 7.14. The number of hydrogen-bond donors (Lipinski definition) is 2. The second-order valence-electron chi connectivity index (χ2n) is 6.15. The maximum Gasteiger partial charge on any atom is 0.271 e. The topological polar surface area (TPSA) is 66.9 Å². The molecule has 5 heteroatoms. The summed E-state index contributed by atoms with van der Waals surface area (Å²) in [5.74, 6) is 0.954. The summed E-state index contributed by atoms with van der Waals surface area (Å²) in [5.41, 5.74) is 2.58. The molecule has 1 aromatic heterocycles. The minimum Gasteiger partial charge on any atom is -0.351 e. The number of unbranched alkanes of at least 4 members (excludes halogenated alkanes) is 2. The van der Waals surface area contributed by atoms with Crippen LogP contribution < -0.4 is 10.6 Å². The number of benzene rings is 1. The maximum atomic E-state index is 11.9. The Balaban J connectivity index is 1.90. The number of carbonyl (C=O) groups is 1. The molecule has 1 heterocycles. The molecule has 0 unspecified atom stereocenters. The van der Waals surface area contributed by atoms with Crippen LogP contribution in [-0.2, 0) is 0 Å². The van der Waals surface area contributed by atoms with E-state index in [1.807, 2.05) is 12.1 Å². The molecule has 1 aromatic carbocycles. The highest BCUT2D eigenvalue weighted by Crippen LogP contribution is 2.19. The number of nitrogens with one attached hydrogen (secondary N) is 2. The fourth-order valence-electron chi connectivity index (χ4n) is 2.28. The lowest BCUT2D eigenvalue weighted by Crippen LogP contribution is -2.25. The molecule has 2 rings (SSSR count). The first-order chi connectivity index (χ1) is 11.6. The minimum absolute atomic E-state index is 0.175. The molecule has 0 fully saturated rings. The number of aromatic nitrogens is 2. The number of rotatable bonds is 8. The lowest BCUT2D eigenvalue weighted by atomic mass is 10.0. The third kappa shape index (κ3) is 5.33. The van der Waals surface area contributed by atoms with Crippen LogP contribution in [0.5, 0.6) is 0 Å². The summed E-state index contributed by atoms with van der Waals surface area (Å²) in [5, 5.41) is 6.05. The molecule has 128 valence electrons. The van der Waals surface area contributed by atoms with Crippen LogP contribution in [0.1, 0.15) is 62.0 Å². The first-order valence-electron chi connectivity index (χ1n) is 8.57. The maximum absolute atomic E-state index is 11.9. The van der Waals surface area contributed by atoms with Crippen LogP contribution in [0.2, 0.25) is 0 Å². The molecule has 0 aliphatic carbocycles. The van der Waals surface area contributed by atoms with Crippen molar-refractivity contribution in [2.75, 3.05) is 11.9 Å². The van der Waals surface area contributed by atoms with Gasteiger partial charge in [0.1, 0.15) is 11.5 Å². The summed E-state index contributed by atoms with van der Waals surface area (Å²) < 4.78 is 0. The van der Waals surface area contributed by atoms with Crippen LogP contribution in [0.4, 0.5) is 11.5 Å². The Hall–Kier alpha value is -2.43. The van der Waals surface area contributed by atoms with E-state index >= 15 is 0 Å². The van der Waals surface area contributed by atoms with Crippen LogP contribution in [0, 0.1) is 0 Å². The molecule has 0 aliphatic heterocycles. The van der Waals surface area contributed by atoms with Gasteiger partial charge in [0, 0.05) is 12.2 Å². The van der Waals surface area contributed by atoms with Crippen molar-refractivity contribution in [3.05, 3.63) is 47.9 Å². The predicted octanol–water partition coefficient (Wildman–Crippen LogP) is 4.26. The fraction of sp³-hybridized carbons (Fsp3) is 0.421. The summed E-state index contributed by atoms with van der Waals surface area (Å²) in [7, 11) is 0. The van der Waals surface area contributed by atoms with E-state index in [2.05, 4.69) is 53.5 Å². The van der Waals surface area contributed by atoms with Crippen molar-refractivity contribution in [3.63, 3.8) is 0 Å². The quantitative estimate of drug-likeness (QED) is 0.711. The number of anilines is 2. The van der Waals surface area contributed by atoms with Crippen molar-refractivity contribution < 1.29 is 4.79 Å². The van der Waals surface area contributed by atoms with E-state index in [0.717, 1.165) is 24.9 Å². The zero-order chi connectivity index (χ0) is 17.4. The minimum atomic E-state index is -0.175. The van der Waals surface area contributed by atoms with Crippen LogP contribution >= 0.6 is 0 Å². The molecule has 0 aliphatic rings. The van der Waals surface area contributed by atoms with E-state index in [0.29, 0.717) is 24.0 Å². The average Bonchev–Trinajstić information content (AvgIpc) is 2.59. The summed E-state index contributed by atoms with van der Waals surface area (Å²) in [6, 6.07) is 8.23. The Morgan fingerprint density at radius 3 is 2.42 bits per heavy atom. The molecule has 0 bridgehead atoms. The number of carbonyl (C=O) groups excluding carboxylic acids is 1. The van der Waals surface area contributed by atoms with Crippen molar-refractivity contribution in [3.8, 4) is 0 Å². The smallest absolute Gasteiger partial charge is 0.271 e. The zero-order valence-electron chi connectivity index (χ0n) is 14.7. The van der Waals surface area contributed by atoms with Crippen LogP contribution in [0.25, 0.3) is 0 Å². The Bertz CT molecular complexity index is 635. The van der Waals surface area contributed by atoms with Crippen molar-refractivity contribution in [1.82, 2.24) is 15.3 Å². The molecular weight excluding hydrogens is 300 g/mol. The second-order valence-corrected chi connectivity index (χ2v) is 6.15. The summed E-state index contributed by atoms with van der Waals surface area (Å²) in [6.07, 6.45) is 6.32. The van der Waals surface area contributed by atoms with E-state index in [-0.39, 0.29) is 5.91 Å². The Morgan fingerprint density at radius 1 is 1.08 bits per heavy atom. The van der Waals surface area contributed by atoms with E-state index in [1.165, 1.54) is 11.8 Å². The molecule has 2 aromatic rings. The highest BCUT2D eigenvalue weighted by atomic mass is 16.1.